The van der Waals surface area contributed by atoms with E-state index in [0.29, 0.717) is 6.92 Å². The van der Waals surface area contributed by atoms with E-state index < -0.39 is 50.5 Å². The van der Waals surface area contributed by atoms with Crippen LogP contribution in [0.25, 0.3) is 0 Å². The molecule has 0 saturated carbocycles. The average molecular weight is 388 g/mol. The zero-order chi connectivity index (χ0) is 18.9. The smallest absolute Gasteiger partial charge is 0.300 e. The molecule has 0 saturated heterocycles. The number of carbonyl (C=O) groups is 1. The second kappa shape index (κ2) is 6.55. The van der Waals surface area contributed by atoms with Gasteiger partial charge in [0.15, 0.2) is 0 Å². The van der Waals surface area contributed by atoms with Crippen molar-refractivity contribution in [2.24, 2.45) is 0 Å². The molecule has 0 aliphatic heterocycles. The number of halogens is 10. The van der Waals surface area contributed by atoms with Crippen molar-refractivity contribution in [1.29, 1.82) is 0 Å². The Hall–Kier alpha value is -0.880. The Balaban J connectivity index is 5.60. The summed E-state index contributed by atoms with van der Waals surface area (Å²) in [6.45, 7) is 0.675. The summed E-state index contributed by atoms with van der Waals surface area (Å²) in [6.07, 6.45) is -28.9. The zero-order valence-electron chi connectivity index (χ0n) is 10.8. The number of Topliss-reactive ketones (excluding diaryl/α,β-unsaturated/α-hetero) is 1. The van der Waals surface area contributed by atoms with Gasteiger partial charge in [-0.2, -0.15) is 43.9 Å². The molecule has 0 rings (SSSR count). The van der Waals surface area contributed by atoms with Crippen molar-refractivity contribution in [2.45, 2.75) is 37.9 Å². The van der Waals surface area contributed by atoms with Crippen LogP contribution in [0, 0.1) is 0 Å². The Kier molecular flexibility index (Phi) is 6.30. The Labute approximate surface area is 121 Å². The molecule has 0 radical (unpaired) electrons. The van der Waals surface area contributed by atoms with Crippen LogP contribution in [0.2, 0.25) is 0 Å². The molecule has 0 unspecified atom stereocenters. The number of carbonyl (C=O) groups excluding carboxylic acids is 1. The minimum atomic E-state index is -6.57. The molecule has 0 N–H and O–H groups in total. The van der Waals surface area contributed by atoms with Gasteiger partial charge in [0.2, 0.25) is 0 Å². The van der Waals surface area contributed by atoms with Crippen LogP contribution in [0.5, 0.6) is 0 Å². The van der Waals surface area contributed by atoms with Crippen LogP contribution in [0.1, 0.15) is 13.3 Å². The molecule has 138 valence electrons. The van der Waals surface area contributed by atoms with Gasteiger partial charge in [0, 0.05) is 6.42 Å². The van der Waals surface area contributed by atoms with Gasteiger partial charge in [-0.1, -0.05) is 0 Å². The van der Waals surface area contributed by atoms with Crippen LogP contribution in [-0.4, -0.2) is 36.5 Å². The minimum absolute atomic E-state index is 0.675. The molecule has 0 aromatic carbocycles. The number of rotatable bonds is 7. The molecule has 0 amide bonds. The van der Waals surface area contributed by atoms with Gasteiger partial charge in [0.25, 0.3) is 0 Å². The second-order valence-corrected chi connectivity index (χ2v) is 6.03. The third-order valence-electron chi connectivity index (χ3n) is 1.91. The summed E-state index contributed by atoms with van der Waals surface area (Å²) in [5.41, 5.74) is 0. The first-order chi connectivity index (χ1) is 9.83. The molecule has 23 heavy (non-hydrogen) atoms. The maximum absolute atomic E-state index is 12.6. The van der Waals surface area contributed by atoms with Gasteiger partial charge in [0.1, 0.15) is 5.78 Å². The summed E-state index contributed by atoms with van der Waals surface area (Å²) in [5, 5.41) is 0. The van der Waals surface area contributed by atoms with Crippen molar-refractivity contribution in [1.82, 2.24) is 0 Å². The first-order valence-corrected chi connectivity index (χ1v) is 6.95. The Morgan fingerprint density at radius 2 is 1.13 bits per heavy atom. The van der Waals surface area contributed by atoms with Gasteiger partial charge >= 0.3 is 32.2 Å². The summed E-state index contributed by atoms with van der Waals surface area (Å²) >= 11 is 0. The standard InChI is InChI=1S/C8H7F10O4P/c1-4(19)2-3-23(20,21-7(15,16)5(9,10)11)22-8(17,18)6(12,13)14/h2-3H2,1H3. The van der Waals surface area contributed by atoms with Crippen LogP contribution in [0.3, 0.4) is 0 Å². The quantitative estimate of drug-likeness (QED) is 0.476. The molecule has 0 aliphatic carbocycles. The fraction of sp³-hybridized carbons (Fsp3) is 0.875. The molecule has 4 nitrogen and oxygen atoms in total. The first kappa shape index (κ1) is 22.1. The summed E-state index contributed by atoms with van der Waals surface area (Å²) in [4.78, 5) is 10.6. The average Bonchev–Trinajstić information content (AvgIpc) is 2.21. The molecule has 0 aromatic heterocycles. The highest BCUT2D eigenvalue weighted by atomic mass is 31.2. The minimum Gasteiger partial charge on any atom is -0.300 e. The zero-order valence-corrected chi connectivity index (χ0v) is 11.7. The molecule has 0 spiro atoms. The first-order valence-electron chi connectivity index (χ1n) is 5.22. The van der Waals surface area contributed by atoms with E-state index in [2.05, 4.69) is 9.05 Å². The predicted octanol–water partition coefficient (Wildman–Crippen LogP) is 4.50. The van der Waals surface area contributed by atoms with E-state index in [9.17, 15) is 53.3 Å². The SMILES string of the molecule is CC(=O)CCP(=O)(OC(F)(F)C(F)(F)F)OC(F)(F)C(F)(F)F. The van der Waals surface area contributed by atoms with E-state index in [0.717, 1.165) is 0 Å². The van der Waals surface area contributed by atoms with E-state index in [1.807, 2.05) is 0 Å². The van der Waals surface area contributed by atoms with Crippen molar-refractivity contribution in [3.05, 3.63) is 0 Å². The third-order valence-corrected chi connectivity index (χ3v) is 3.69. The van der Waals surface area contributed by atoms with Crippen molar-refractivity contribution in [3.63, 3.8) is 0 Å². The Morgan fingerprint density at radius 3 is 1.35 bits per heavy atom. The molecule has 0 atom stereocenters. The van der Waals surface area contributed by atoms with Gasteiger partial charge in [-0.15, -0.1) is 0 Å². The van der Waals surface area contributed by atoms with E-state index >= 15 is 0 Å². The fourth-order valence-electron chi connectivity index (χ4n) is 0.857. The van der Waals surface area contributed by atoms with Gasteiger partial charge in [-0.25, -0.2) is 9.05 Å². The Morgan fingerprint density at radius 1 is 0.826 bits per heavy atom. The molecule has 0 fully saturated rings. The van der Waals surface area contributed by atoms with Crippen LogP contribution < -0.4 is 0 Å². The van der Waals surface area contributed by atoms with Crippen molar-refractivity contribution in [2.75, 3.05) is 6.16 Å². The highest BCUT2D eigenvalue weighted by Crippen LogP contribution is 2.60. The van der Waals surface area contributed by atoms with E-state index in [1.54, 1.807) is 0 Å². The third kappa shape index (κ3) is 6.26. The largest absolute Gasteiger partial charge is 0.483 e. The van der Waals surface area contributed by atoms with Gasteiger partial charge in [0.05, 0.1) is 6.16 Å². The highest BCUT2D eigenvalue weighted by Gasteiger charge is 2.67. The molecular formula is C8H7F10O4P. The lowest BCUT2D eigenvalue weighted by atomic mass is 10.4. The van der Waals surface area contributed by atoms with Crippen molar-refractivity contribution >= 4 is 13.4 Å². The summed E-state index contributed by atoms with van der Waals surface area (Å²) in [5.74, 6) is -1.07. The number of hydrogen-bond acceptors (Lipinski definition) is 4. The van der Waals surface area contributed by atoms with Crippen molar-refractivity contribution < 1.29 is 62.3 Å². The van der Waals surface area contributed by atoms with Crippen molar-refractivity contribution in [3.8, 4) is 0 Å². The summed E-state index contributed by atoms with van der Waals surface area (Å²) in [6, 6.07) is 0. The normalized spacial score (nSPS) is 14.9. The molecular weight excluding hydrogens is 381 g/mol. The lowest BCUT2D eigenvalue weighted by molar-refractivity contribution is -0.381. The number of hydrogen-bond donors (Lipinski definition) is 0. The van der Waals surface area contributed by atoms with E-state index in [-0.39, 0.29) is 0 Å². The molecule has 15 heteroatoms. The maximum atomic E-state index is 12.6. The fourth-order valence-corrected chi connectivity index (χ4v) is 2.57. The lowest BCUT2D eigenvalue weighted by Gasteiger charge is -2.28. The van der Waals surface area contributed by atoms with Crippen LogP contribution in [0.4, 0.5) is 43.9 Å². The number of ketones is 1. The summed E-state index contributed by atoms with van der Waals surface area (Å²) in [7, 11) is -6.37. The van der Waals surface area contributed by atoms with Crippen LogP contribution >= 0.6 is 7.60 Å². The molecule has 0 heterocycles. The molecule has 0 aliphatic rings. The van der Waals surface area contributed by atoms with E-state index in [1.165, 1.54) is 0 Å². The topological polar surface area (TPSA) is 52.6 Å². The van der Waals surface area contributed by atoms with Gasteiger partial charge < -0.3 is 4.79 Å². The molecule has 0 bridgehead atoms. The number of alkyl halides is 10. The van der Waals surface area contributed by atoms with E-state index in [4.69, 9.17) is 0 Å². The maximum Gasteiger partial charge on any atom is 0.483 e. The lowest BCUT2D eigenvalue weighted by Crippen LogP contribution is -2.42. The highest BCUT2D eigenvalue weighted by molar-refractivity contribution is 7.53. The Bertz CT molecular complexity index is 450. The monoisotopic (exact) mass is 388 g/mol. The van der Waals surface area contributed by atoms with Crippen LogP contribution in [0.15, 0.2) is 0 Å². The van der Waals surface area contributed by atoms with Crippen LogP contribution in [-0.2, 0) is 18.4 Å². The predicted molar refractivity (Wildman–Crippen MR) is 51.9 cm³/mol. The summed E-state index contributed by atoms with van der Waals surface area (Å²) < 4.78 is 139. The van der Waals surface area contributed by atoms with Gasteiger partial charge in [-0.05, 0) is 6.92 Å². The van der Waals surface area contributed by atoms with Gasteiger partial charge in [-0.3, -0.25) is 4.57 Å². The molecule has 0 aromatic rings. The second-order valence-electron chi connectivity index (χ2n) is 4.00.